The van der Waals surface area contributed by atoms with Gasteiger partial charge in [0, 0.05) is 5.41 Å². The topological polar surface area (TPSA) is 0 Å². The Balaban J connectivity index is 0.000000104. The molecule has 4 unspecified atom stereocenters. The molecule has 86 valence electrons. The van der Waals surface area contributed by atoms with Crippen LogP contribution in [0.5, 0.6) is 0 Å². The molecule has 2 saturated carbocycles. The van der Waals surface area contributed by atoms with Gasteiger partial charge in [-0.2, -0.15) is 0 Å². The first-order valence-corrected chi connectivity index (χ1v) is 6.81. The highest BCUT2D eigenvalue weighted by Gasteiger charge is 2.37. The van der Waals surface area contributed by atoms with Gasteiger partial charge in [0.25, 0.3) is 0 Å². The molecule has 0 nitrogen and oxygen atoms in total. The molecule has 0 spiro atoms. The molecule has 0 radical (unpaired) electrons. The van der Waals surface area contributed by atoms with Gasteiger partial charge in [-0.1, -0.05) is 30.4 Å². The van der Waals surface area contributed by atoms with Crippen molar-refractivity contribution in [2.24, 2.45) is 23.2 Å². The van der Waals surface area contributed by atoms with Crippen LogP contribution in [0.15, 0.2) is 37.0 Å². The van der Waals surface area contributed by atoms with Crippen LogP contribution in [0.25, 0.3) is 0 Å². The van der Waals surface area contributed by atoms with E-state index in [2.05, 4.69) is 37.0 Å². The summed E-state index contributed by atoms with van der Waals surface area (Å²) < 4.78 is 0. The predicted molar refractivity (Wildman–Crippen MR) is 69.1 cm³/mol. The average Bonchev–Trinajstić information content (AvgIpc) is 3.11. The first kappa shape index (κ1) is 10.4. The lowest BCUT2D eigenvalue weighted by Crippen LogP contribution is -2.05. The van der Waals surface area contributed by atoms with Crippen LogP contribution in [-0.2, 0) is 0 Å². The predicted octanol–water partition coefficient (Wildman–Crippen LogP) is 4.50. The molecular formula is C16H22. The van der Waals surface area contributed by atoms with Crippen LogP contribution >= 0.6 is 0 Å². The molecule has 4 aliphatic rings. The SMILES string of the molecule is C1=CC2CCC1C2.C=CC12C=CC(CC1)C2. The van der Waals surface area contributed by atoms with Crippen LogP contribution in [0.4, 0.5) is 0 Å². The first-order valence-electron chi connectivity index (χ1n) is 6.81. The number of hydrogen-bond donors (Lipinski definition) is 0. The van der Waals surface area contributed by atoms with E-state index in [0.29, 0.717) is 5.41 Å². The Labute approximate surface area is 99.1 Å². The maximum Gasteiger partial charge on any atom is 0.00642 e. The second-order valence-electron chi connectivity index (χ2n) is 6.02. The van der Waals surface area contributed by atoms with Crippen molar-refractivity contribution in [2.45, 2.75) is 38.5 Å². The molecule has 16 heavy (non-hydrogen) atoms. The summed E-state index contributed by atoms with van der Waals surface area (Å²) in [5.41, 5.74) is 0.435. The maximum atomic E-state index is 3.86. The van der Waals surface area contributed by atoms with E-state index >= 15 is 0 Å². The second-order valence-corrected chi connectivity index (χ2v) is 6.02. The molecule has 0 aromatic carbocycles. The first-order chi connectivity index (χ1) is 7.80. The Kier molecular flexibility index (Phi) is 2.53. The van der Waals surface area contributed by atoms with E-state index in [-0.39, 0.29) is 0 Å². The minimum absolute atomic E-state index is 0.435. The molecule has 0 aromatic heterocycles. The third-order valence-electron chi connectivity index (χ3n) is 4.90. The Morgan fingerprint density at radius 2 is 1.75 bits per heavy atom. The molecule has 0 heteroatoms. The van der Waals surface area contributed by atoms with Crippen molar-refractivity contribution < 1.29 is 0 Å². The van der Waals surface area contributed by atoms with Crippen molar-refractivity contribution in [1.29, 1.82) is 0 Å². The van der Waals surface area contributed by atoms with Crippen LogP contribution in [-0.4, -0.2) is 0 Å². The summed E-state index contributed by atoms with van der Waals surface area (Å²) in [6, 6.07) is 0. The summed E-state index contributed by atoms with van der Waals surface area (Å²) in [6.45, 7) is 3.86. The molecule has 0 aromatic rings. The van der Waals surface area contributed by atoms with Gasteiger partial charge < -0.3 is 0 Å². The third-order valence-corrected chi connectivity index (χ3v) is 4.90. The molecular weight excluding hydrogens is 192 g/mol. The van der Waals surface area contributed by atoms with Crippen LogP contribution in [0.1, 0.15) is 38.5 Å². The molecule has 2 fully saturated rings. The summed E-state index contributed by atoms with van der Waals surface area (Å²) in [5.74, 6) is 2.87. The third kappa shape index (κ3) is 1.79. The van der Waals surface area contributed by atoms with Gasteiger partial charge in [0.2, 0.25) is 0 Å². The summed E-state index contributed by atoms with van der Waals surface area (Å²) in [6.07, 6.45) is 20.1. The molecule has 0 heterocycles. The number of fused-ring (bicyclic) bond motifs is 4. The zero-order valence-corrected chi connectivity index (χ0v) is 10.1. The highest BCUT2D eigenvalue weighted by molar-refractivity contribution is 5.21. The smallest absolute Gasteiger partial charge is 0.00642 e. The number of rotatable bonds is 1. The lowest BCUT2D eigenvalue weighted by atomic mass is 9.88. The molecule has 0 saturated heterocycles. The van der Waals surface area contributed by atoms with Crippen LogP contribution in [0, 0.1) is 23.2 Å². The Morgan fingerprint density at radius 1 is 1.00 bits per heavy atom. The minimum Gasteiger partial charge on any atom is -0.102 e. The van der Waals surface area contributed by atoms with Gasteiger partial charge in [0.15, 0.2) is 0 Å². The van der Waals surface area contributed by atoms with Gasteiger partial charge in [-0.15, -0.1) is 6.58 Å². The van der Waals surface area contributed by atoms with Crippen LogP contribution in [0.3, 0.4) is 0 Å². The van der Waals surface area contributed by atoms with E-state index < -0.39 is 0 Å². The highest BCUT2D eigenvalue weighted by atomic mass is 14.4. The van der Waals surface area contributed by atoms with Crippen molar-refractivity contribution in [3.05, 3.63) is 37.0 Å². The molecule has 4 atom stereocenters. The number of hydrogen-bond acceptors (Lipinski definition) is 0. The van der Waals surface area contributed by atoms with Crippen LogP contribution < -0.4 is 0 Å². The average molecular weight is 214 g/mol. The Hall–Kier alpha value is -0.780. The van der Waals surface area contributed by atoms with Crippen molar-refractivity contribution in [1.82, 2.24) is 0 Å². The minimum atomic E-state index is 0.435. The van der Waals surface area contributed by atoms with Gasteiger partial charge in [-0.3, -0.25) is 0 Å². The van der Waals surface area contributed by atoms with Gasteiger partial charge in [-0.25, -0.2) is 0 Å². The standard InChI is InChI=1S/C9H12.C7H10/c1-2-9-5-3-8(7-9)4-6-9;1-2-7-4-3-6(1)5-7/h2-3,5,8H,1,4,6-7H2;1-2,6-7H,3-5H2. The van der Waals surface area contributed by atoms with Crippen molar-refractivity contribution in [3.8, 4) is 0 Å². The fraction of sp³-hybridized carbons (Fsp3) is 0.625. The molecule has 0 aliphatic heterocycles. The summed E-state index contributed by atoms with van der Waals surface area (Å²) in [7, 11) is 0. The molecule has 4 bridgehead atoms. The molecule has 0 amide bonds. The maximum absolute atomic E-state index is 3.86. The molecule has 4 aliphatic carbocycles. The lowest BCUT2D eigenvalue weighted by molar-refractivity contribution is 0.525. The number of allylic oxidation sites excluding steroid dienone is 5. The Morgan fingerprint density at radius 3 is 1.94 bits per heavy atom. The largest absolute Gasteiger partial charge is 0.102 e. The van der Waals surface area contributed by atoms with Crippen molar-refractivity contribution in [2.75, 3.05) is 0 Å². The lowest BCUT2D eigenvalue weighted by Gasteiger charge is -2.16. The zero-order valence-electron chi connectivity index (χ0n) is 10.1. The van der Waals surface area contributed by atoms with E-state index in [1.165, 1.54) is 38.5 Å². The molecule has 4 rings (SSSR count). The van der Waals surface area contributed by atoms with Gasteiger partial charge in [-0.05, 0) is 56.3 Å². The van der Waals surface area contributed by atoms with E-state index in [1.807, 2.05) is 0 Å². The van der Waals surface area contributed by atoms with Gasteiger partial charge in [0.1, 0.15) is 0 Å². The van der Waals surface area contributed by atoms with Crippen molar-refractivity contribution >= 4 is 0 Å². The van der Waals surface area contributed by atoms with Gasteiger partial charge in [0.05, 0.1) is 0 Å². The normalized spacial score (nSPS) is 45.9. The van der Waals surface area contributed by atoms with E-state index in [9.17, 15) is 0 Å². The fourth-order valence-electron chi connectivity index (χ4n) is 3.76. The van der Waals surface area contributed by atoms with E-state index in [4.69, 9.17) is 0 Å². The highest BCUT2D eigenvalue weighted by Crippen LogP contribution is 2.49. The van der Waals surface area contributed by atoms with E-state index in [1.54, 1.807) is 0 Å². The van der Waals surface area contributed by atoms with Crippen LogP contribution in [0.2, 0.25) is 0 Å². The summed E-state index contributed by atoms with van der Waals surface area (Å²) in [5, 5.41) is 0. The molecule has 0 N–H and O–H groups in total. The summed E-state index contributed by atoms with van der Waals surface area (Å²) >= 11 is 0. The Bertz CT molecular complexity index is 324. The monoisotopic (exact) mass is 214 g/mol. The van der Waals surface area contributed by atoms with Crippen molar-refractivity contribution in [3.63, 3.8) is 0 Å². The zero-order chi connectivity index (χ0) is 11.0. The quantitative estimate of drug-likeness (QED) is 0.564. The van der Waals surface area contributed by atoms with E-state index in [0.717, 1.165) is 17.8 Å². The van der Waals surface area contributed by atoms with Gasteiger partial charge >= 0.3 is 0 Å². The summed E-state index contributed by atoms with van der Waals surface area (Å²) in [4.78, 5) is 0. The second kappa shape index (κ2) is 3.91. The fourth-order valence-corrected chi connectivity index (χ4v) is 3.76.